The summed E-state index contributed by atoms with van der Waals surface area (Å²) in [5, 5.41) is 8.02. The first-order valence-electron chi connectivity index (χ1n) is 5.40. The smallest absolute Gasteiger partial charge is 0.0796 e. The first kappa shape index (κ1) is 8.44. The predicted octanol–water partition coefficient (Wildman–Crippen LogP) is 0.322. The lowest BCUT2D eigenvalue weighted by Crippen LogP contribution is -2.25. The zero-order valence-corrected chi connectivity index (χ0v) is 8.29. The third-order valence-corrected chi connectivity index (χ3v) is 3.13. The molecule has 1 aliphatic carbocycles. The molecule has 1 fully saturated rings. The Bertz CT molecular complexity index is 351. The Kier molecular flexibility index (Phi) is 1.85. The van der Waals surface area contributed by atoms with Crippen LogP contribution in [0.25, 0.3) is 0 Å². The van der Waals surface area contributed by atoms with E-state index in [9.17, 15) is 0 Å². The van der Waals surface area contributed by atoms with Gasteiger partial charge in [-0.2, -0.15) is 5.10 Å². The van der Waals surface area contributed by atoms with Gasteiger partial charge in [-0.05, 0) is 25.8 Å². The fourth-order valence-corrected chi connectivity index (χ4v) is 2.24. The molecular weight excluding hydrogens is 176 g/mol. The normalized spacial score (nSPS) is 20.9. The summed E-state index contributed by atoms with van der Waals surface area (Å²) in [4.78, 5) is 0. The van der Waals surface area contributed by atoms with Crippen molar-refractivity contribution < 1.29 is 0 Å². The molecule has 0 aromatic carbocycles. The van der Waals surface area contributed by atoms with E-state index in [4.69, 9.17) is 5.73 Å². The number of fused-ring (bicyclic) bond motifs is 1. The van der Waals surface area contributed by atoms with E-state index in [1.54, 1.807) is 0 Å². The second-order valence-electron chi connectivity index (χ2n) is 4.18. The third kappa shape index (κ3) is 1.18. The van der Waals surface area contributed by atoms with E-state index < -0.39 is 0 Å². The minimum absolute atomic E-state index is 0.585. The number of nitrogens with zero attached hydrogens (tertiary/aromatic N) is 2. The van der Waals surface area contributed by atoms with E-state index >= 15 is 0 Å². The van der Waals surface area contributed by atoms with Crippen molar-refractivity contribution in [1.29, 1.82) is 0 Å². The van der Waals surface area contributed by atoms with E-state index in [0.29, 0.717) is 12.6 Å². The highest BCUT2D eigenvalue weighted by atomic mass is 15.3. The minimum Gasteiger partial charge on any atom is -0.325 e. The molecular formula is C10H16N4. The van der Waals surface area contributed by atoms with E-state index in [1.165, 1.54) is 24.1 Å². The molecule has 0 bridgehead atoms. The predicted molar refractivity (Wildman–Crippen MR) is 53.8 cm³/mol. The molecule has 1 saturated carbocycles. The lowest BCUT2D eigenvalue weighted by molar-refractivity contribution is 0.549. The van der Waals surface area contributed by atoms with Gasteiger partial charge in [0.2, 0.25) is 0 Å². The number of nitrogens with two attached hydrogens (primary N) is 1. The van der Waals surface area contributed by atoms with Crippen molar-refractivity contribution in [3.8, 4) is 0 Å². The van der Waals surface area contributed by atoms with Crippen LogP contribution in [0.15, 0.2) is 0 Å². The van der Waals surface area contributed by atoms with Crippen molar-refractivity contribution in [3.05, 3.63) is 17.0 Å². The number of nitrogens with one attached hydrogen (secondary N) is 1. The Morgan fingerprint density at radius 1 is 1.50 bits per heavy atom. The summed E-state index contributed by atoms with van der Waals surface area (Å²) >= 11 is 0. The SMILES string of the molecule is NCc1nn(C2CC2)c2c1CCNC2. The zero-order chi connectivity index (χ0) is 9.54. The highest BCUT2D eigenvalue weighted by molar-refractivity contribution is 5.29. The molecule has 0 saturated heterocycles. The molecule has 0 amide bonds. The molecule has 1 aromatic rings. The summed E-state index contributed by atoms with van der Waals surface area (Å²) in [6.07, 6.45) is 3.67. The molecule has 3 N–H and O–H groups in total. The van der Waals surface area contributed by atoms with Gasteiger partial charge in [0, 0.05) is 18.7 Å². The van der Waals surface area contributed by atoms with Gasteiger partial charge >= 0.3 is 0 Å². The van der Waals surface area contributed by atoms with Gasteiger partial charge in [-0.1, -0.05) is 0 Å². The Morgan fingerprint density at radius 3 is 3.07 bits per heavy atom. The van der Waals surface area contributed by atoms with Crippen molar-refractivity contribution in [2.24, 2.45) is 5.73 Å². The molecule has 2 aliphatic rings. The van der Waals surface area contributed by atoms with Gasteiger partial charge in [0.05, 0.1) is 17.4 Å². The van der Waals surface area contributed by atoms with Crippen LogP contribution in [0.4, 0.5) is 0 Å². The van der Waals surface area contributed by atoms with Crippen molar-refractivity contribution >= 4 is 0 Å². The van der Waals surface area contributed by atoms with E-state index in [2.05, 4.69) is 15.1 Å². The highest BCUT2D eigenvalue weighted by Gasteiger charge is 2.30. The number of rotatable bonds is 2. The molecule has 0 unspecified atom stereocenters. The Balaban J connectivity index is 2.07. The molecule has 76 valence electrons. The third-order valence-electron chi connectivity index (χ3n) is 3.13. The molecule has 0 atom stereocenters. The van der Waals surface area contributed by atoms with Crippen LogP contribution in [-0.2, 0) is 19.5 Å². The summed E-state index contributed by atoms with van der Waals surface area (Å²) in [5.41, 5.74) is 9.63. The number of aromatic nitrogens is 2. The Morgan fingerprint density at radius 2 is 2.36 bits per heavy atom. The van der Waals surface area contributed by atoms with Crippen LogP contribution < -0.4 is 11.1 Å². The molecule has 0 radical (unpaired) electrons. The van der Waals surface area contributed by atoms with Gasteiger partial charge < -0.3 is 11.1 Å². The van der Waals surface area contributed by atoms with Crippen LogP contribution >= 0.6 is 0 Å². The zero-order valence-electron chi connectivity index (χ0n) is 8.29. The van der Waals surface area contributed by atoms with Crippen LogP contribution in [0.5, 0.6) is 0 Å². The lowest BCUT2D eigenvalue weighted by Gasteiger charge is -2.15. The quantitative estimate of drug-likeness (QED) is 0.709. The van der Waals surface area contributed by atoms with E-state index in [1.807, 2.05) is 0 Å². The van der Waals surface area contributed by atoms with Gasteiger partial charge in [0.25, 0.3) is 0 Å². The first-order chi connectivity index (χ1) is 6.90. The van der Waals surface area contributed by atoms with Crippen molar-refractivity contribution in [2.45, 2.75) is 38.4 Å². The maximum atomic E-state index is 5.71. The summed E-state index contributed by atoms with van der Waals surface area (Å²) in [6, 6.07) is 0.670. The molecule has 2 heterocycles. The molecule has 0 spiro atoms. The largest absolute Gasteiger partial charge is 0.325 e. The summed E-state index contributed by atoms with van der Waals surface area (Å²) in [5.74, 6) is 0. The van der Waals surface area contributed by atoms with Gasteiger partial charge in [-0.15, -0.1) is 0 Å². The maximum absolute atomic E-state index is 5.71. The van der Waals surface area contributed by atoms with Crippen molar-refractivity contribution in [1.82, 2.24) is 15.1 Å². The van der Waals surface area contributed by atoms with Crippen LogP contribution in [0, 0.1) is 0 Å². The molecule has 4 heteroatoms. The molecule has 14 heavy (non-hydrogen) atoms. The molecule has 1 aromatic heterocycles. The van der Waals surface area contributed by atoms with Gasteiger partial charge in [0.15, 0.2) is 0 Å². The number of hydrogen-bond donors (Lipinski definition) is 2. The average Bonchev–Trinajstić information content (AvgIpc) is 3.00. The molecule has 3 rings (SSSR count). The Labute approximate surface area is 83.5 Å². The summed E-state index contributed by atoms with van der Waals surface area (Å²) in [7, 11) is 0. The van der Waals surface area contributed by atoms with Gasteiger partial charge in [-0.25, -0.2) is 0 Å². The standard InChI is InChI=1S/C10H16N4/c11-5-9-8-3-4-12-6-10(8)14(13-9)7-1-2-7/h7,12H,1-6,11H2. The second-order valence-corrected chi connectivity index (χ2v) is 4.18. The number of hydrogen-bond acceptors (Lipinski definition) is 3. The topological polar surface area (TPSA) is 55.9 Å². The highest BCUT2D eigenvalue weighted by Crippen LogP contribution is 2.37. The lowest BCUT2D eigenvalue weighted by atomic mass is 10.1. The minimum atomic E-state index is 0.585. The van der Waals surface area contributed by atoms with Gasteiger partial charge in [-0.3, -0.25) is 4.68 Å². The van der Waals surface area contributed by atoms with Crippen LogP contribution in [-0.4, -0.2) is 16.3 Å². The van der Waals surface area contributed by atoms with E-state index in [0.717, 1.165) is 25.2 Å². The second kappa shape index (κ2) is 3.07. The average molecular weight is 192 g/mol. The monoisotopic (exact) mass is 192 g/mol. The molecule has 1 aliphatic heterocycles. The fourth-order valence-electron chi connectivity index (χ4n) is 2.24. The first-order valence-corrected chi connectivity index (χ1v) is 5.40. The maximum Gasteiger partial charge on any atom is 0.0796 e. The van der Waals surface area contributed by atoms with Crippen molar-refractivity contribution in [2.75, 3.05) is 6.54 Å². The van der Waals surface area contributed by atoms with Crippen molar-refractivity contribution in [3.63, 3.8) is 0 Å². The van der Waals surface area contributed by atoms with Crippen LogP contribution in [0.2, 0.25) is 0 Å². The fraction of sp³-hybridized carbons (Fsp3) is 0.700. The van der Waals surface area contributed by atoms with E-state index in [-0.39, 0.29) is 0 Å². The Hall–Kier alpha value is -0.870. The van der Waals surface area contributed by atoms with Gasteiger partial charge in [0.1, 0.15) is 0 Å². The van der Waals surface area contributed by atoms with Crippen LogP contribution in [0.1, 0.15) is 35.8 Å². The van der Waals surface area contributed by atoms with Crippen LogP contribution in [0.3, 0.4) is 0 Å². The molecule has 4 nitrogen and oxygen atoms in total. The summed E-state index contributed by atoms with van der Waals surface area (Å²) in [6.45, 7) is 2.62. The summed E-state index contributed by atoms with van der Waals surface area (Å²) < 4.78 is 2.21.